The fourth-order valence-electron chi connectivity index (χ4n) is 2.92. The highest BCUT2D eigenvalue weighted by molar-refractivity contribution is 6.30. The molecule has 0 saturated heterocycles. The van der Waals surface area contributed by atoms with E-state index in [4.69, 9.17) is 11.6 Å². The minimum atomic E-state index is -0.257. The Morgan fingerprint density at radius 3 is 2.44 bits per heavy atom. The second-order valence-corrected chi connectivity index (χ2v) is 6.79. The van der Waals surface area contributed by atoms with Crippen LogP contribution in [0.25, 0.3) is 0 Å². The van der Waals surface area contributed by atoms with Crippen molar-refractivity contribution in [3.63, 3.8) is 0 Å². The molecule has 2 aromatic carbocycles. The fourth-order valence-corrected chi connectivity index (χ4v) is 3.05. The number of aromatic amines is 1. The van der Waals surface area contributed by atoms with Crippen LogP contribution in [0, 0.1) is 0 Å². The summed E-state index contributed by atoms with van der Waals surface area (Å²) in [4.78, 5) is 12.7. The molecule has 1 aliphatic carbocycles. The molecule has 3 aromatic rings. The molecule has 1 aliphatic rings. The summed E-state index contributed by atoms with van der Waals surface area (Å²) in [7, 11) is 0. The molecule has 1 fully saturated rings. The Morgan fingerprint density at radius 1 is 1.08 bits per heavy atom. The first-order valence-electron chi connectivity index (χ1n) is 8.37. The van der Waals surface area contributed by atoms with Crippen molar-refractivity contribution >= 4 is 17.5 Å². The van der Waals surface area contributed by atoms with E-state index in [1.165, 1.54) is 12.8 Å². The number of H-pyrrole nitrogens is 1. The van der Waals surface area contributed by atoms with Crippen LogP contribution in [0.3, 0.4) is 0 Å². The van der Waals surface area contributed by atoms with Gasteiger partial charge >= 0.3 is 0 Å². The summed E-state index contributed by atoms with van der Waals surface area (Å²) in [6, 6.07) is 19.0. The molecule has 1 unspecified atom stereocenters. The number of aromatic nitrogens is 2. The molecule has 1 atom stereocenters. The van der Waals surface area contributed by atoms with Crippen molar-refractivity contribution < 1.29 is 4.79 Å². The largest absolute Gasteiger partial charge is 0.340 e. The van der Waals surface area contributed by atoms with Crippen LogP contribution >= 0.6 is 11.6 Å². The third kappa shape index (κ3) is 3.59. The van der Waals surface area contributed by atoms with Gasteiger partial charge in [0, 0.05) is 16.6 Å². The number of hydrogen-bond acceptors (Lipinski definition) is 2. The van der Waals surface area contributed by atoms with E-state index in [2.05, 4.69) is 15.5 Å². The van der Waals surface area contributed by atoms with Gasteiger partial charge in [-0.3, -0.25) is 9.89 Å². The normalized spacial score (nSPS) is 14.9. The molecular weight excluding hydrogens is 334 g/mol. The summed E-state index contributed by atoms with van der Waals surface area (Å²) in [5.74, 6) is 0.349. The van der Waals surface area contributed by atoms with Crippen molar-refractivity contribution in [2.24, 2.45) is 0 Å². The molecule has 5 heteroatoms. The van der Waals surface area contributed by atoms with Gasteiger partial charge in [-0.1, -0.05) is 54.1 Å². The summed E-state index contributed by atoms with van der Waals surface area (Å²) >= 11 is 6.00. The van der Waals surface area contributed by atoms with Gasteiger partial charge in [-0.05, 0) is 42.2 Å². The van der Waals surface area contributed by atoms with Crippen molar-refractivity contribution in [2.45, 2.75) is 24.8 Å². The SMILES string of the molecule is O=C(NC(c1ccccc1)c1ccc(Cl)cc1)c1cc(C2CC2)[nH]n1. The summed E-state index contributed by atoms with van der Waals surface area (Å²) in [6.07, 6.45) is 2.33. The lowest BCUT2D eigenvalue weighted by Gasteiger charge is -2.19. The molecule has 1 heterocycles. The minimum Gasteiger partial charge on any atom is -0.340 e. The van der Waals surface area contributed by atoms with Gasteiger partial charge in [-0.15, -0.1) is 0 Å². The molecule has 0 radical (unpaired) electrons. The second kappa shape index (κ2) is 6.73. The van der Waals surface area contributed by atoms with Crippen molar-refractivity contribution in [3.8, 4) is 0 Å². The van der Waals surface area contributed by atoms with Crippen molar-refractivity contribution in [2.75, 3.05) is 0 Å². The maximum atomic E-state index is 12.7. The van der Waals surface area contributed by atoms with Crippen LogP contribution in [0.15, 0.2) is 60.7 Å². The molecule has 1 amide bonds. The predicted octanol–water partition coefficient (Wildman–Crippen LogP) is 4.46. The van der Waals surface area contributed by atoms with Gasteiger partial charge in [0.1, 0.15) is 5.69 Å². The lowest BCUT2D eigenvalue weighted by atomic mass is 9.98. The fraction of sp³-hybridized carbons (Fsp3) is 0.200. The van der Waals surface area contributed by atoms with Crippen molar-refractivity contribution in [1.82, 2.24) is 15.5 Å². The Balaban J connectivity index is 1.61. The Morgan fingerprint density at radius 2 is 1.76 bits per heavy atom. The van der Waals surface area contributed by atoms with Crippen LogP contribution in [0.4, 0.5) is 0 Å². The molecule has 2 N–H and O–H groups in total. The summed E-state index contributed by atoms with van der Waals surface area (Å²) in [6.45, 7) is 0. The maximum Gasteiger partial charge on any atom is 0.272 e. The summed E-state index contributed by atoms with van der Waals surface area (Å²) in [5, 5.41) is 10.9. The first-order valence-corrected chi connectivity index (χ1v) is 8.75. The number of amides is 1. The number of benzene rings is 2. The highest BCUT2D eigenvalue weighted by atomic mass is 35.5. The number of nitrogens with zero attached hydrogens (tertiary/aromatic N) is 1. The van der Waals surface area contributed by atoms with E-state index in [1.54, 1.807) is 0 Å². The highest BCUT2D eigenvalue weighted by Gasteiger charge is 2.27. The van der Waals surface area contributed by atoms with E-state index < -0.39 is 0 Å². The number of carbonyl (C=O) groups is 1. The average molecular weight is 352 g/mol. The Kier molecular flexibility index (Phi) is 4.28. The van der Waals surface area contributed by atoms with E-state index >= 15 is 0 Å². The van der Waals surface area contributed by atoms with Crippen molar-refractivity contribution in [3.05, 3.63) is 88.2 Å². The van der Waals surface area contributed by atoms with Crippen LogP contribution in [-0.2, 0) is 0 Å². The number of hydrogen-bond donors (Lipinski definition) is 2. The van der Waals surface area contributed by atoms with E-state index in [1.807, 2.05) is 60.7 Å². The molecule has 0 bridgehead atoms. The van der Waals surface area contributed by atoms with Crippen LogP contribution in [0.2, 0.25) is 5.02 Å². The first kappa shape index (κ1) is 15.9. The van der Waals surface area contributed by atoms with Gasteiger partial charge in [0.15, 0.2) is 0 Å². The topological polar surface area (TPSA) is 57.8 Å². The van der Waals surface area contributed by atoms with Crippen LogP contribution in [0.5, 0.6) is 0 Å². The van der Waals surface area contributed by atoms with E-state index in [0.29, 0.717) is 16.6 Å². The van der Waals surface area contributed by atoms with Gasteiger partial charge < -0.3 is 5.32 Å². The first-order chi connectivity index (χ1) is 12.2. The third-order valence-corrected chi connectivity index (χ3v) is 4.71. The minimum absolute atomic E-state index is 0.188. The number of carbonyl (C=O) groups excluding carboxylic acids is 1. The quantitative estimate of drug-likeness (QED) is 0.713. The van der Waals surface area contributed by atoms with Crippen LogP contribution in [-0.4, -0.2) is 16.1 Å². The van der Waals surface area contributed by atoms with Crippen LogP contribution in [0.1, 0.15) is 52.1 Å². The Labute approximate surface area is 151 Å². The zero-order valence-electron chi connectivity index (χ0n) is 13.6. The summed E-state index contributed by atoms with van der Waals surface area (Å²) < 4.78 is 0. The van der Waals surface area contributed by atoms with Crippen LogP contribution < -0.4 is 5.32 Å². The predicted molar refractivity (Wildman–Crippen MR) is 97.8 cm³/mol. The molecule has 1 saturated carbocycles. The second-order valence-electron chi connectivity index (χ2n) is 6.35. The molecule has 4 rings (SSSR count). The van der Waals surface area contributed by atoms with Crippen molar-refractivity contribution in [1.29, 1.82) is 0 Å². The Hall–Kier alpha value is -2.59. The van der Waals surface area contributed by atoms with Gasteiger partial charge in [-0.25, -0.2) is 0 Å². The highest BCUT2D eigenvalue weighted by Crippen LogP contribution is 2.39. The zero-order valence-corrected chi connectivity index (χ0v) is 14.3. The standard InChI is InChI=1S/C20H18ClN3O/c21-16-10-8-15(9-11-16)19(14-4-2-1-3-5-14)22-20(25)18-12-17(23-24-18)13-6-7-13/h1-5,8-13,19H,6-7H2,(H,22,25)(H,23,24). The van der Waals surface area contributed by atoms with Gasteiger partial charge in [0.2, 0.25) is 0 Å². The van der Waals surface area contributed by atoms with E-state index in [9.17, 15) is 4.79 Å². The number of halogens is 1. The average Bonchev–Trinajstić information content (AvgIpc) is 3.38. The number of nitrogens with one attached hydrogen (secondary N) is 2. The smallest absolute Gasteiger partial charge is 0.272 e. The summed E-state index contributed by atoms with van der Waals surface area (Å²) in [5.41, 5.74) is 3.46. The monoisotopic (exact) mass is 351 g/mol. The number of rotatable bonds is 5. The van der Waals surface area contributed by atoms with Gasteiger partial charge in [-0.2, -0.15) is 5.10 Å². The molecule has 0 aliphatic heterocycles. The lowest BCUT2D eigenvalue weighted by molar-refractivity contribution is 0.0938. The third-order valence-electron chi connectivity index (χ3n) is 4.46. The molecule has 1 aromatic heterocycles. The molecule has 4 nitrogen and oxygen atoms in total. The maximum absolute atomic E-state index is 12.7. The van der Waals surface area contributed by atoms with E-state index in [0.717, 1.165) is 16.8 Å². The van der Waals surface area contributed by atoms with Gasteiger partial charge in [0.25, 0.3) is 5.91 Å². The molecular formula is C20H18ClN3O. The lowest BCUT2D eigenvalue weighted by Crippen LogP contribution is -2.29. The molecule has 0 spiro atoms. The van der Waals surface area contributed by atoms with E-state index in [-0.39, 0.29) is 11.9 Å². The Bertz CT molecular complexity index is 869. The molecule has 126 valence electrons. The van der Waals surface area contributed by atoms with Gasteiger partial charge in [0.05, 0.1) is 6.04 Å². The molecule has 25 heavy (non-hydrogen) atoms. The zero-order chi connectivity index (χ0) is 17.2.